The van der Waals surface area contributed by atoms with Crippen molar-refractivity contribution in [1.29, 1.82) is 0 Å². The van der Waals surface area contributed by atoms with Gasteiger partial charge in [0.05, 0.1) is 12.4 Å². The summed E-state index contributed by atoms with van der Waals surface area (Å²) < 4.78 is 0. The quantitative estimate of drug-likeness (QED) is 0.696. The van der Waals surface area contributed by atoms with Crippen molar-refractivity contribution in [3.63, 3.8) is 0 Å². The lowest BCUT2D eigenvalue weighted by Gasteiger charge is -2.12. The van der Waals surface area contributed by atoms with Crippen LogP contribution in [0.5, 0.6) is 0 Å². The molecule has 0 unspecified atom stereocenters. The van der Waals surface area contributed by atoms with Crippen LogP contribution in [0, 0.1) is 0 Å². The van der Waals surface area contributed by atoms with E-state index in [-0.39, 0.29) is 11.8 Å². The number of nitrogens with zero attached hydrogens (tertiary/aromatic N) is 1. The number of likely N-dealkylation sites (N-methyl/N-ethyl adjacent to an activating group) is 1. The first-order valence-corrected chi connectivity index (χ1v) is 4.45. The number of carbonyl (C=O) groups excluding carboxylic acids is 1. The molecule has 4 heteroatoms. The van der Waals surface area contributed by atoms with Gasteiger partial charge in [0.2, 0.25) is 0 Å². The fourth-order valence-corrected chi connectivity index (χ4v) is 1.22. The molecule has 0 aliphatic heterocycles. The van der Waals surface area contributed by atoms with Crippen LogP contribution in [-0.4, -0.2) is 28.3 Å². The van der Waals surface area contributed by atoms with E-state index in [1.165, 1.54) is 0 Å². The molecular formula is C9H15N3O. The highest BCUT2D eigenvalue weighted by molar-refractivity contribution is 5.81. The van der Waals surface area contributed by atoms with Crippen LogP contribution in [0.4, 0.5) is 0 Å². The molecule has 1 aromatic rings. The number of aromatic nitrogens is 2. The molecule has 2 N–H and O–H groups in total. The van der Waals surface area contributed by atoms with Gasteiger partial charge in [-0.25, -0.2) is 4.98 Å². The maximum Gasteiger partial charge on any atom is 0.147 e. The summed E-state index contributed by atoms with van der Waals surface area (Å²) in [6.07, 6.45) is 4.05. The van der Waals surface area contributed by atoms with E-state index in [9.17, 15) is 4.79 Å². The lowest BCUT2D eigenvalue weighted by molar-refractivity contribution is -0.118. The Bertz CT molecular complexity index is 256. The summed E-state index contributed by atoms with van der Waals surface area (Å²) in [5.41, 5.74) is 0.987. The summed E-state index contributed by atoms with van der Waals surface area (Å²) in [5.74, 6) is 0.163. The highest BCUT2D eigenvalue weighted by Crippen LogP contribution is 1.98. The van der Waals surface area contributed by atoms with E-state index in [1.54, 1.807) is 19.4 Å². The van der Waals surface area contributed by atoms with Crippen molar-refractivity contribution in [1.82, 2.24) is 15.3 Å². The zero-order valence-electron chi connectivity index (χ0n) is 8.00. The number of aromatic amines is 1. The molecule has 1 aromatic heterocycles. The third-order valence-electron chi connectivity index (χ3n) is 1.92. The van der Waals surface area contributed by atoms with Crippen LogP contribution in [0.2, 0.25) is 0 Å². The maximum absolute atomic E-state index is 11.2. The first-order valence-electron chi connectivity index (χ1n) is 4.45. The number of rotatable bonds is 5. The largest absolute Gasteiger partial charge is 0.348 e. The molecule has 1 rings (SSSR count). The number of ketones is 1. The standard InChI is InChI=1S/C9H15N3O/c1-3-11-9(7(2)13)4-8-5-10-6-12-8/h5-6,9,11H,3-4H2,1-2H3,(H,10,12)/t9-/m0/s1. The summed E-state index contributed by atoms with van der Waals surface area (Å²) in [6, 6.07) is -0.0922. The Morgan fingerprint density at radius 2 is 2.54 bits per heavy atom. The van der Waals surface area contributed by atoms with Gasteiger partial charge in [0.25, 0.3) is 0 Å². The lowest BCUT2D eigenvalue weighted by Crippen LogP contribution is -2.37. The van der Waals surface area contributed by atoms with Crippen LogP contribution < -0.4 is 5.32 Å². The number of H-pyrrole nitrogens is 1. The third-order valence-corrected chi connectivity index (χ3v) is 1.92. The van der Waals surface area contributed by atoms with Crippen LogP contribution in [0.1, 0.15) is 19.5 Å². The van der Waals surface area contributed by atoms with Gasteiger partial charge in [-0.1, -0.05) is 6.92 Å². The summed E-state index contributed by atoms with van der Waals surface area (Å²) in [5, 5.41) is 3.12. The molecule has 0 aromatic carbocycles. The van der Waals surface area contributed by atoms with Gasteiger partial charge in [0.1, 0.15) is 5.78 Å². The van der Waals surface area contributed by atoms with E-state index in [2.05, 4.69) is 15.3 Å². The molecule has 1 atom stereocenters. The molecule has 0 aliphatic carbocycles. The van der Waals surface area contributed by atoms with Crippen molar-refractivity contribution in [2.24, 2.45) is 0 Å². The van der Waals surface area contributed by atoms with E-state index < -0.39 is 0 Å². The van der Waals surface area contributed by atoms with Gasteiger partial charge in [0, 0.05) is 18.3 Å². The van der Waals surface area contributed by atoms with Gasteiger partial charge in [-0.05, 0) is 13.5 Å². The Morgan fingerprint density at radius 1 is 1.77 bits per heavy atom. The SMILES string of the molecule is CCN[C@@H](Cc1cnc[nH]1)C(C)=O. The van der Waals surface area contributed by atoms with Crippen molar-refractivity contribution >= 4 is 5.78 Å². The first kappa shape index (κ1) is 9.92. The Balaban J connectivity index is 2.52. The zero-order valence-corrected chi connectivity index (χ0v) is 8.00. The molecule has 0 fully saturated rings. The van der Waals surface area contributed by atoms with E-state index in [1.807, 2.05) is 6.92 Å². The predicted molar refractivity (Wildman–Crippen MR) is 50.4 cm³/mol. The smallest absolute Gasteiger partial charge is 0.147 e. The number of carbonyl (C=O) groups is 1. The van der Waals surface area contributed by atoms with Crippen molar-refractivity contribution in [3.8, 4) is 0 Å². The predicted octanol–water partition coefficient (Wildman–Crippen LogP) is 0.519. The van der Waals surface area contributed by atoms with E-state index in [0.717, 1.165) is 12.2 Å². The van der Waals surface area contributed by atoms with Gasteiger partial charge in [-0.2, -0.15) is 0 Å². The fourth-order valence-electron chi connectivity index (χ4n) is 1.22. The zero-order chi connectivity index (χ0) is 9.68. The topological polar surface area (TPSA) is 57.8 Å². The van der Waals surface area contributed by atoms with Crippen molar-refractivity contribution in [2.75, 3.05) is 6.54 Å². The van der Waals surface area contributed by atoms with Crippen LogP contribution in [0.15, 0.2) is 12.5 Å². The van der Waals surface area contributed by atoms with E-state index in [4.69, 9.17) is 0 Å². The maximum atomic E-state index is 11.2. The molecule has 13 heavy (non-hydrogen) atoms. The Hall–Kier alpha value is -1.16. The second kappa shape index (κ2) is 4.77. The summed E-state index contributed by atoms with van der Waals surface area (Å²) >= 11 is 0. The van der Waals surface area contributed by atoms with Gasteiger partial charge in [0.15, 0.2) is 0 Å². The number of hydrogen-bond donors (Lipinski definition) is 2. The summed E-state index contributed by atoms with van der Waals surface area (Å²) in [4.78, 5) is 18.0. The average Bonchev–Trinajstić information content (AvgIpc) is 2.56. The van der Waals surface area contributed by atoms with Gasteiger partial charge < -0.3 is 10.3 Å². The average molecular weight is 181 g/mol. The Kier molecular flexibility index (Phi) is 3.64. The Morgan fingerprint density at radius 3 is 3.00 bits per heavy atom. The minimum atomic E-state index is -0.0922. The second-order valence-electron chi connectivity index (χ2n) is 3.00. The molecule has 4 nitrogen and oxygen atoms in total. The highest BCUT2D eigenvalue weighted by Gasteiger charge is 2.13. The van der Waals surface area contributed by atoms with Gasteiger partial charge in [-0.15, -0.1) is 0 Å². The van der Waals surface area contributed by atoms with E-state index in [0.29, 0.717) is 6.42 Å². The third kappa shape index (κ3) is 2.99. The fraction of sp³-hybridized carbons (Fsp3) is 0.556. The molecular weight excluding hydrogens is 166 g/mol. The molecule has 0 saturated carbocycles. The highest BCUT2D eigenvalue weighted by atomic mass is 16.1. The van der Waals surface area contributed by atoms with Crippen LogP contribution in [-0.2, 0) is 11.2 Å². The molecule has 0 aliphatic rings. The second-order valence-corrected chi connectivity index (χ2v) is 3.00. The number of imidazole rings is 1. The molecule has 72 valence electrons. The van der Waals surface area contributed by atoms with E-state index >= 15 is 0 Å². The monoisotopic (exact) mass is 181 g/mol. The van der Waals surface area contributed by atoms with Crippen LogP contribution in [0.3, 0.4) is 0 Å². The summed E-state index contributed by atoms with van der Waals surface area (Å²) in [6.45, 7) is 4.39. The number of hydrogen-bond acceptors (Lipinski definition) is 3. The van der Waals surface area contributed by atoms with Gasteiger partial charge in [-0.3, -0.25) is 4.79 Å². The molecule has 0 spiro atoms. The van der Waals surface area contributed by atoms with Crippen LogP contribution >= 0.6 is 0 Å². The first-order chi connectivity index (χ1) is 6.24. The minimum absolute atomic E-state index is 0.0922. The van der Waals surface area contributed by atoms with Crippen molar-refractivity contribution in [2.45, 2.75) is 26.3 Å². The van der Waals surface area contributed by atoms with Crippen LogP contribution in [0.25, 0.3) is 0 Å². The molecule has 0 amide bonds. The van der Waals surface area contributed by atoms with Crippen molar-refractivity contribution < 1.29 is 4.79 Å². The van der Waals surface area contributed by atoms with Gasteiger partial charge >= 0.3 is 0 Å². The minimum Gasteiger partial charge on any atom is -0.348 e. The lowest BCUT2D eigenvalue weighted by atomic mass is 10.1. The van der Waals surface area contributed by atoms with Crippen molar-refractivity contribution in [3.05, 3.63) is 18.2 Å². The summed E-state index contributed by atoms with van der Waals surface area (Å²) in [7, 11) is 0. The molecule has 0 saturated heterocycles. The molecule has 0 bridgehead atoms. The normalized spacial score (nSPS) is 12.8. The number of Topliss-reactive ketones (excluding diaryl/α,β-unsaturated/α-hetero) is 1. The Labute approximate surface area is 77.8 Å². The molecule has 1 heterocycles. The number of nitrogens with one attached hydrogen (secondary N) is 2. The molecule has 0 radical (unpaired) electrons.